The molecule has 112 valence electrons. The number of fused-ring (bicyclic) bond motifs is 1. The van der Waals surface area contributed by atoms with E-state index in [1.165, 1.54) is 21.8 Å². The molecule has 22 heavy (non-hydrogen) atoms. The first-order valence-electron chi connectivity index (χ1n) is 6.48. The summed E-state index contributed by atoms with van der Waals surface area (Å²) in [6.45, 7) is -0.000991. The fourth-order valence-electron chi connectivity index (χ4n) is 1.94. The van der Waals surface area contributed by atoms with Crippen molar-refractivity contribution in [1.82, 2.24) is 9.38 Å². The standard InChI is InChI=1S/C15H11BrN2O3S/c16-11-3-1-10(2-4-11)7-14(20)21-9-12-8-13(19)18-5-6-22-15(18)17-12/h1-6,8H,7,9H2. The molecule has 3 rings (SSSR count). The summed E-state index contributed by atoms with van der Waals surface area (Å²) in [6, 6.07) is 8.83. The Hall–Kier alpha value is -1.99. The number of carbonyl (C=O) groups excluding carboxylic acids is 1. The first-order chi connectivity index (χ1) is 10.6. The van der Waals surface area contributed by atoms with Gasteiger partial charge in [-0.25, -0.2) is 4.98 Å². The molecule has 0 radical (unpaired) electrons. The zero-order valence-electron chi connectivity index (χ0n) is 11.4. The maximum Gasteiger partial charge on any atom is 0.310 e. The highest BCUT2D eigenvalue weighted by Gasteiger charge is 2.08. The molecule has 0 unspecified atom stereocenters. The SMILES string of the molecule is O=C(Cc1ccc(Br)cc1)OCc1cc(=O)n2ccsc2n1. The van der Waals surface area contributed by atoms with Gasteiger partial charge in [-0.1, -0.05) is 28.1 Å². The molecule has 0 atom stereocenters. The van der Waals surface area contributed by atoms with Crippen molar-refractivity contribution in [3.63, 3.8) is 0 Å². The van der Waals surface area contributed by atoms with E-state index in [1.807, 2.05) is 24.3 Å². The van der Waals surface area contributed by atoms with Gasteiger partial charge in [-0.05, 0) is 17.7 Å². The van der Waals surface area contributed by atoms with Crippen LogP contribution in [0.15, 0.2) is 51.2 Å². The van der Waals surface area contributed by atoms with Gasteiger partial charge in [-0.2, -0.15) is 0 Å². The van der Waals surface area contributed by atoms with Gasteiger partial charge in [0.2, 0.25) is 0 Å². The Labute approximate surface area is 138 Å². The Morgan fingerprint density at radius 2 is 2.09 bits per heavy atom. The van der Waals surface area contributed by atoms with Crippen molar-refractivity contribution in [2.24, 2.45) is 0 Å². The second kappa shape index (κ2) is 6.41. The van der Waals surface area contributed by atoms with Gasteiger partial charge in [-0.3, -0.25) is 14.0 Å². The predicted molar refractivity (Wildman–Crippen MR) is 87.0 cm³/mol. The van der Waals surface area contributed by atoms with Crippen LogP contribution in [-0.2, 0) is 22.6 Å². The number of rotatable bonds is 4. The molecule has 0 saturated heterocycles. The van der Waals surface area contributed by atoms with Crippen molar-refractivity contribution in [3.8, 4) is 0 Å². The fraction of sp³-hybridized carbons (Fsp3) is 0.133. The normalized spacial score (nSPS) is 10.8. The van der Waals surface area contributed by atoms with Gasteiger partial charge in [0, 0.05) is 22.1 Å². The van der Waals surface area contributed by atoms with Crippen LogP contribution in [0.3, 0.4) is 0 Å². The zero-order chi connectivity index (χ0) is 15.5. The van der Waals surface area contributed by atoms with Crippen LogP contribution in [0, 0.1) is 0 Å². The van der Waals surface area contributed by atoms with Crippen LogP contribution in [0.2, 0.25) is 0 Å². The van der Waals surface area contributed by atoms with Crippen molar-refractivity contribution < 1.29 is 9.53 Å². The molecule has 2 aromatic heterocycles. The monoisotopic (exact) mass is 378 g/mol. The third-order valence-corrected chi connectivity index (χ3v) is 4.28. The van der Waals surface area contributed by atoms with E-state index in [-0.39, 0.29) is 24.6 Å². The summed E-state index contributed by atoms with van der Waals surface area (Å²) in [4.78, 5) is 28.5. The largest absolute Gasteiger partial charge is 0.459 e. The number of halogens is 1. The van der Waals surface area contributed by atoms with E-state index in [0.29, 0.717) is 10.7 Å². The van der Waals surface area contributed by atoms with Crippen molar-refractivity contribution >= 4 is 38.2 Å². The molecule has 5 nitrogen and oxygen atoms in total. The average molecular weight is 379 g/mol. The molecular formula is C15H11BrN2O3S. The minimum atomic E-state index is -0.351. The van der Waals surface area contributed by atoms with Crippen LogP contribution in [-0.4, -0.2) is 15.4 Å². The Bertz CT molecular complexity index is 870. The van der Waals surface area contributed by atoms with E-state index in [2.05, 4.69) is 20.9 Å². The lowest BCUT2D eigenvalue weighted by Gasteiger charge is -2.05. The molecule has 7 heteroatoms. The van der Waals surface area contributed by atoms with E-state index >= 15 is 0 Å². The number of ether oxygens (including phenoxy) is 1. The van der Waals surface area contributed by atoms with Gasteiger partial charge in [0.25, 0.3) is 5.56 Å². The number of thiazole rings is 1. The van der Waals surface area contributed by atoms with Crippen LogP contribution >= 0.6 is 27.3 Å². The lowest BCUT2D eigenvalue weighted by atomic mass is 10.2. The third-order valence-electron chi connectivity index (χ3n) is 3.00. The first-order valence-corrected chi connectivity index (χ1v) is 8.15. The van der Waals surface area contributed by atoms with Crippen LogP contribution in [0.5, 0.6) is 0 Å². The van der Waals surface area contributed by atoms with E-state index in [9.17, 15) is 9.59 Å². The fourth-order valence-corrected chi connectivity index (χ4v) is 2.94. The molecule has 0 bridgehead atoms. The summed E-state index contributed by atoms with van der Waals surface area (Å²) in [6.07, 6.45) is 1.85. The molecule has 0 fully saturated rings. The second-order valence-corrected chi connectivity index (χ2v) is 6.39. The smallest absolute Gasteiger partial charge is 0.310 e. The number of aromatic nitrogens is 2. The Morgan fingerprint density at radius 1 is 1.32 bits per heavy atom. The van der Waals surface area contributed by atoms with Crippen molar-refractivity contribution in [2.45, 2.75) is 13.0 Å². The second-order valence-electron chi connectivity index (χ2n) is 4.61. The molecular weight excluding hydrogens is 368 g/mol. The lowest BCUT2D eigenvalue weighted by molar-refractivity contribution is -0.144. The van der Waals surface area contributed by atoms with E-state index < -0.39 is 0 Å². The summed E-state index contributed by atoms with van der Waals surface area (Å²) in [5, 5.41) is 1.78. The van der Waals surface area contributed by atoms with Gasteiger partial charge in [0.1, 0.15) is 6.61 Å². The molecule has 0 amide bonds. The van der Waals surface area contributed by atoms with E-state index in [1.54, 1.807) is 11.6 Å². The first kappa shape index (κ1) is 14.9. The van der Waals surface area contributed by atoms with Crippen LogP contribution < -0.4 is 5.56 Å². The van der Waals surface area contributed by atoms with E-state index in [0.717, 1.165) is 10.0 Å². The molecule has 0 aliphatic carbocycles. The van der Waals surface area contributed by atoms with Crippen molar-refractivity contribution in [3.05, 3.63) is 68.0 Å². The number of esters is 1. The topological polar surface area (TPSA) is 60.7 Å². The molecule has 0 aliphatic heterocycles. The highest BCUT2D eigenvalue weighted by Crippen LogP contribution is 2.12. The molecule has 0 saturated carbocycles. The average Bonchev–Trinajstić information content (AvgIpc) is 2.97. The minimum Gasteiger partial charge on any atom is -0.459 e. The number of nitrogens with zero attached hydrogens (tertiary/aromatic N) is 2. The molecule has 0 spiro atoms. The van der Waals surface area contributed by atoms with Gasteiger partial charge in [0.05, 0.1) is 12.1 Å². The summed E-state index contributed by atoms with van der Waals surface area (Å²) in [7, 11) is 0. The quantitative estimate of drug-likeness (QED) is 0.654. The molecule has 1 aromatic carbocycles. The number of hydrogen-bond donors (Lipinski definition) is 0. The third kappa shape index (κ3) is 3.42. The zero-order valence-corrected chi connectivity index (χ0v) is 13.8. The van der Waals surface area contributed by atoms with Crippen molar-refractivity contribution in [1.29, 1.82) is 0 Å². The maximum absolute atomic E-state index is 11.8. The predicted octanol–water partition coefficient (Wildman–Crippen LogP) is 2.80. The molecule has 0 aliphatic rings. The maximum atomic E-state index is 11.8. The number of carbonyl (C=O) groups is 1. The lowest BCUT2D eigenvalue weighted by Crippen LogP contribution is -2.15. The summed E-state index contributed by atoms with van der Waals surface area (Å²) < 4.78 is 7.60. The Morgan fingerprint density at radius 3 is 2.86 bits per heavy atom. The van der Waals surface area contributed by atoms with Gasteiger partial charge >= 0.3 is 5.97 Å². The van der Waals surface area contributed by atoms with Gasteiger partial charge < -0.3 is 4.74 Å². The summed E-state index contributed by atoms with van der Waals surface area (Å²) in [5.74, 6) is -0.351. The van der Waals surface area contributed by atoms with E-state index in [4.69, 9.17) is 4.74 Å². The highest BCUT2D eigenvalue weighted by atomic mass is 79.9. The number of hydrogen-bond acceptors (Lipinski definition) is 5. The minimum absolute atomic E-state index is 0.000991. The van der Waals surface area contributed by atoms with Gasteiger partial charge in [-0.15, -0.1) is 11.3 Å². The summed E-state index contributed by atoms with van der Waals surface area (Å²) in [5.41, 5.74) is 1.15. The van der Waals surface area contributed by atoms with Crippen molar-refractivity contribution in [2.75, 3.05) is 0 Å². The molecule has 3 aromatic rings. The Balaban J connectivity index is 1.64. The van der Waals surface area contributed by atoms with Crippen LogP contribution in [0.1, 0.15) is 11.3 Å². The summed E-state index contributed by atoms with van der Waals surface area (Å²) >= 11 is 4.70. The molecule has 2 heterocycles. The van der Waals surface area contributed by atoms with Gasteiger partial charge in [0.15, 0.2) is 4.96 Å². The molecule has 0 N–H and O–H groups in total. The number of benzene rings is 1. The Kier molecular flexibility index (Phi) is 4.35. The highest BCUT2D eigenvalue weighted by molar-refractivity contribution is 9.10. The van der Waals surface area contributed by atoms with Crippen LogP contribution in [0.4, 0.5) is 0 Å². The van der Waals surface area contributed by atoms with Crippen LogP contribution in [0.25, 0.3) is 4.96 Å².